The van der Waals surface area contributed by atoms with Gasteiger partial charge in [-0.05, 0) is 33.6 Å². The lowest BCUT2D eigenvalue weighted by atomic mass is 10.2. The predicted molar refractivity (Wildman–Crippen MR) is 53.2 cm³/mol. The molecule has 1 amide bonds. The number of hydrogen-bond acceptors (Lipinski definition) is 3. The minimum absolute atomic E-state index is 0.201. The SMILES string of the molecule is CC1CCC(C)N1C(C)C(=O)NC#N. The van der Waals surface area contributed by atoms with Gasteiger partial charge in [-0.15, -0.1) is 0 Å². The highest BCUT2D eigenvalue weighted by Crippen LogP contribution is 2.25. The minimum Gasteiger partial charge on any atom is -0.287 e. The summed E-state index contributed by atoms with van der Waals surface area (Å²) in [5, 5.41) is 10.5. The molecule has 1 saturated heterocycles. The maximum absolute atomic E-state index is 11.4. The van der Waals surface area contributed by atoms with Gasteiger partial charge in [0.25, 0.3) is 0 Å². The van der Waals surface area contributed by atoms with Crippen molar-refractivity contribution in [3.8, 4) is 6.19 Å². The molecule has 14 heavy (non-hydrogen) atoms. The van der Waals surface area contributed by atoms with Crippen LogP contribution in [0.15, 0.2) is 0 Å². The van der Waals surface area contributed by atoms with Crippen LogP contribution in [0.25, 0.3) is 0 Å². The lowest BCUT2D eigenvalue weighted by molar-refractivity contribution is -0.125. The summed E-state index contributed by atoms with van der Waals surface area (Å²) in [5.74, 6) is -0.201. The Morgan fingerprint density at radius 2 is 2.00 bits per heavy atom. The Balaban J connectivity index is 2.63. The predicted octanol–water partition coefficient (Wildman–Crippen LogP) is 0.845. The second-order valence-electron chi connectivity index (χ2n) is 4.00. The molecule has 4 heteroatoms. The van der Waals surface area contributed by atoms with Crippen LogP contribution < -0.4 is 5.32 Å². The average molecular weight is 195 g/mol. The normalized spacial score (nSPS) is 29.6. The van der Waals surface area contributed by atoms with Crippen LogP contribution in [0.4, 0.5) is 0 Å². The molecule has 0 aromatic heterocycles. The molecule has 4 nitrogen and oxygen atoms in total. The zero-order valence-corrected chi connectivity index (χ0v) is 8.95. The molecule has 3 atom stereocenters. The van der Waals surface area contributed by atoms with Crippen LogP contribution in [-0.2, 0) is 4.79 Å². The number of nitriles is 1. The summed E-state index contributed by atoms with van der Waals surface area (Å²) in [6, 6.07) is 0.663. The van der Waals surface area contributed by atoms with E-state index in [1.165, 1.54) is 0 Å². The molecule has 1 N–H and O–H groups in total. The smallest absolute Gasteiger partial charge is 0.250 e. The minimum atomic E-state index is -0.206. The van der Waals surface area contributed by atoms with Gasteiger partial charge in [0.05, 0.1) is 6.04 Å². The number of nitrogens with zero attached hydrogens (tertiary/aromatic N) is 2. The Morgan fingerprint density at radius 1 is 1.50 bits per heavy atom. The molecule has 0 saturated carbocycles. The van der Waals surface area contributed by atoms with E-state index in [-0.39, 0.29) is 11.9 Å². The monoisotopic (exact) mass is 195 g/mol. The lowest BCUT2D eigenvalue weighted by Crippen LogP contribution is -2.48. The fraction of sp³-hybridized carbons (Fsp3) is 0.800. The van der Waals surface area contributed by atoms with Crippen molar-refractivity contribution in [3.05, 3.63) is 0 Å². The number of carbonyl (C=O) groups excluding carboxylic acids is 1. The van der Waals surface area contributed by atoms with Crippen LogP contribution in [0.3, 0.4) is 0 Å². The van der Waals surface area contributed by atoms with Gasteiger partial charge in [-0.2, -0.15) is 5.26 Å². The molecule has 1 rings (SSSR count). The molecule has 0 bridgehead atoms. The van der Waals surface area contributed by atoms with Gasteiger partial charge in [-0.3, -0.25) is 15.0 Å². The third-order valence-corrected chi connectivity index (χ3v) is 3.03. The van der Waals surface area contributed by atoms with Crippen LogP contribution in [0.1, 0.15) is 33.6 Å². The van der Waals surface area contributed by atoms with E-state index >= 15 is 0 Å². The lowest BCUT2D eigenvalue weighted by Gasteiger charge is -2.30. The second-order valence-corrected chi connectivity index (χ2v) is 4.00. The zero-order chi connectivity index (χ0) is 10.7. The van der Waals surface area contributed by atoms with Gasteiger partial charge in [0.1, 0.15) is 0 Å². The standard InChI is InChI=1S/C10H17N3O/c1-7-4-5-8(2)13(7)9(3)10(14)12-6-11/h7-9H,4-5H2,1-3H3,(H,12,14). The van der Waals surface area contributed by atoms with Crippen molar-refractivity contribution in [3.63, 3.8) is 0 Å². The summed E-state index contributed by atoms with van der Waals surface area (Å²) in [6.07, 6.45) is 3.94. The maximum atomic E-state index is 11.4. The van der Waals surface area contributed by atoms with Gasteiger partial charge in [-0.1, -0.05) is 0 Å². The van der Waals surface area contributed by atoms with Crippen molar-refractivity contribution >= 4 is 5.91 Å². The van der Waals surface area contributed by atoms with Gasteiger partial charge >= 0.3 is 0 Å². The van der Waals surface area contributed by atoms with E-state index in [1.54, 1.807) is 6.19 Å². The zero-order valence-electron chi connectivity index (χ0n) is 8.95. The first-order chi connectivity index (χ1) is 6.57. The van der Waals surface area contributed by atoms with Gasteiger partial charge in [-0.25, -0.2) is 0 Å². The number of hydrogen-bond donors (Lipinski definition) is 1. The highest BCUT2D eigenvalue weighted by Gasteiger charge is 2.34. The van der Waals surface area contributed by atoms with E-state index < -0.39 is 0 Å². The van der Waals surface area contributed by atoms with Crippen LogP contribution in [0.5, 0.6) is 0 Å². The fourth-order valence-electron chi connectivity index (χ4n) is 2.27. The summed E-state index contributed by atoms with van der Waals surface area (Å²) in [5.41, 5.74) is 0. The topological polar surface area (TPSA) is 56.1 Å². The first-order valence-electron chi connectivity index (χ1n) is 5.04. The van der Waals surface area contributed by atoms with Crippen LogP contribution in [0.2, 0.25) is 0 Å². The Hall–Kier alpha value is -1.08. The highest BCUT2D eigenvalue weighted by atomic mass is 16.2. The number of likely N-dealkylation sites (tertiary alicyclic amines) is 1. The molecule has 0 aliphatic carbocycles. The third kappa shape index (κ3) is 2.05. The Bertz CT molecular complexity index is 249. The summed E-state index contributed by atoms with van der Waals surface area (Å²) in [6.45, 7) is 6.10. The number of rotatable bonds is 2. The molecule has 0 aromatic carbocycles. The maximum Gasteiger partial charge on any atom is 0.250 e. The molecular weight excluding hydrogens is 178 g/mol. The van der Waals surface area contributed by atoms with Crippen molar-refractivity contribution in [1.29, 1.82) is 5.26 Å². The van der Waals surface area contributed by atoms with Crippen molar-refractivity contribution in [2.45, 2.75) is 51.7 Å². The molecule has 1 aliphatic rings. The van der Waals surface area contributed by atoms with Gasteiger partial charge in [0.15, 0.2) is 6.19 Å². The second kappa shape index (κ2) is 4.43. The Labute approximate surface area is 84.9 Å². The molecule has 0 spiro atoms. The van der Waals surface area contributed by atoms with E-state index in [0.717, 1.165) is 12.8 Å². The van der Waals surface area contributed by atoms with E-state index in [1.807, 2.05) is 6.92 Å². The molecule has 1 aliphatic heterocycles. The van der Waals surface area contributed by atoms with E-state index in [9.17, 15) is 4.79 Å². The highest BCUT2D eigenvalue weighted by molar-refractivity contribution is 5.82. The molecule has 0 radical (unpaired) electrons. The fourth-order valence-corrected chi connectivity index (χ4v) is 2.27. The summed E-state index contributed by atoms with van der Waals surface area (Å²) >= 11 is 0. The average Bonchev–Trinajstić information content (AvgIpc) is 2.46. The summed E-state index contributed by atoms with van der Waals surface area (Å²) in [7, 11) is 0. The number of amides is 1. The number of carbonyl (C=O) groups is 1. The van der Waals surface area contributed by atoms with Crippen molar-refractivity contribution in [2.24, 2.45) is 0 Å². The van der Waals surface area contributed by atoms with Gasteiger partial charge < -0.3 is 0 Å². The Morgan fingerprint density at radius 3 is 2.43 bits per heavy atom. The molecule has 1 heterocycles. The van der Waals surface area contributed by atoms with E-state index in [2.05, 4.69) is 24.1 Å². The molecule has 1 fully saturated rings. The van der Waals surface area contributed by atoms with Crippen molar-refractivity contribution in [2.75, 3.05) is 0 Å². The van der Waals surface area contributed by atoms with E-state index in [0.29, 0.717) is 12.1 Å². The summed E-state index contributed by atoms with van der Waals surface area (Å²) < 4.78 is 0. The number of nitrogens with one attached hydrogen (secondary N) is 1. The largest absolute Gasteiger partial charge is 0.287 e. The first kappa shape index (κ1) is 11.0. The van der Waals surface area contributed by atoms with Crippen LogP contribution >= 0.6 is 0 Å². The molecular formula is C10H17N3O. The van der Waals surface area contributed by atoms with E-state index in [4.69, 9.17) is 5.26 Å². The Kier molecular flexibility index (Phi) is 3.48. The van der Waals surface area contributed by atoms with Crippen LogP contribution in [-0.4, -0.2) is 28.9 Å². The van der Waals surface area contributed by atoms with Crippen molar-refractivity contribution in [1.82, 2.24) is 10.2 Å². The molecule has 78 valence electrons. The van der Waals surface area contributed by atoms with Crippen LogP contribution in [0, 0.1) is 11.5 Å². The van der Waals surface area contributed by atoms with Crippen molar-refractivity contribution < 1.29 is 4.79 Å². The molecule has 0 aromatic rings. The van der Waals surface area contributed by atoms with Gasteiger partial charge in [0.2, 0.25) is 5.91 Å². The third-order valence-electron chi connectivity index (χ3n) is 3.03. The first-order valence-corrected chi connectivity index (χ1v) is 5.04. The summed E-state index contributed by atoms with van der Waals surface area (Å²) in [4.78, 5) is 13.6. The van der Waals surface area contributed by atoms with Gasteiger partial charge in [0, 0.05) is 12.1 Å². The molecule has 3 unspecified atom stereocenters. The quantitative estimate of drug-likeness (QED) is 0.525.